The van der Waals surface area contributed by atoms with Crippen LogP contribution in [0, 0.1) is 0 Å². The molecule has 0 saturated heterocycles. The summed E-state index contributed by atoms with van der Waals surface area (Å²) in [5, 5.41) is 0. The van der Waals surface area contributed by atoms with Gasteiger partial charge in [-0.25, -0.2) is 8.42 Å². The molecule has 0 unspecified atom stereocenters. The second-order valence-corrected chi connectivity index (χ2v) is 7.79. The molecule has 0 saturated carbocycles. The van der Waals surface area contributed by atoms with E-state index in [1.54, 1.807) is 60.7 Å². The highest BCUT2D eigenvalue weighted by Gasteiger charge is 2.16. The molecule has 28 heavy (non-hydrogen) atoms. The van der Waals surface area contributed by atoms with Crippen molar-refractivity contribution >= 4 is 15.7 Å². The quantitative estimate of drug-likeness (QED) is 0.564. The van der Waals surface area contributed by atoms with E-state index in [-0.39, 0.29) is 4.90 Å². The molecular weight excluding hydrogens is 374 g/mol. The third kappa shape index (κ3) is 4.84. The molecule has 146 valence electrons. The van der Waals surface area contributed by atoms with Gasteiger partial charge in [-0.2, -0.15) is 0 Å². The normalized spacial score (nSPS) is 11.1. The molecule has 0 radical (unpaired) electrons. The summed E-state index contributed by atoms with van der Waals surface area (Å²) >= 11 is 0. The van der Waals surface area contributed by atoms with E-state index in [9.17, 15) is 8.42 Å². The van der Waals surface area contributed by atoms with Crippen molar-refractivity contribution in [1.82, 2.24) is 0 Å². The number of aryl methyl sites for hydroxylation is 1. The molecule has 0 fully saturated rings. The van der Waals surface area contributed by atoms with E-state index >= 15 is 0 Å². The molecule has 1 N–H and O–H groups in total. The Hall–Kier alpha value is -2.99. The van der Waals surface area contributed by atoms with Crippen molar-refractivity contribution in [3.8, 4) is 17.2 Å². The molecule has 6 heteroatoms. The van der Waals surface area contributed by atoms with E-state index in [2.05, 4.69) is 4.72 Å². The maximum atomic E-state index is 12.7. The van der Waals surface area contributed by atoms with Gasteiger partial charge in [0.1, 0.15) is 11.5 Å². The largest absolute Gasteiger partial charge is 0.494 e. The van der Waals surface area contributed by atoms with Crippen molar-refractivity contribution in [3.05, 3.63) is 78.4 Å². The van der Waals surface area contributed by atoms with Gasteiger partial charge in [0.2, 0.25) is 0 Å². The van der Waals surface area contributed by atoms with E-state index in [0.29, 0.717) is 23.8 Å². The zero-order chi connectivity index (χ0) is 20.0. The Morgan fingerprint density at radius 1 is 0.821 bits per heavy atom. The summed E-state index contributed by atoms with van der Waals surface area (Å²) in [4.78, 5) is 0.209. The standard InChI is InChI=1S/C22H23NO4S/c1-3-17-9-15-20(16-10-17)28(24,25)23-21-7-5-6-8-22(21)27-19-13-11-18(12-14-19)26-4-2/h5-16,23H,3-4H2,1-2H3. The Kier molecular flexibility index (Phi) is 6.21. The predicted molar refractivity (Wildman–Crippen MR) is 111 cm³/mol. The van der Waals surface area contributed by atoms with E-state index < -0.39 is 10.0 Å². The predicted octanol–water partition coefficient (Wildman–Crippen LogP) is 5.24. The third-order valence-corrected chi connectivity index (χ3v) is 5.52. The number of rotatable bonds is 8. The van der Waals surface area contributed by atoms with Crippen LogP contribution >= 0.6 is 0 Å². The monoisotopic (exact) mass is 397 g/mol. The summed E-state index contributed by atoms with van der Waals surface area (Å²) in [6.45, 7) is 4.53. The average molecular weight is 397 g/mol. The van der Waals surface area contributed by atoms with Gasteiger partial charge >= 0.3 is 0 Å². The van der Waals surface area contributed by atoms with Gasteiger partial charge in [-0.3, -0.25) is 4.72 Å². The second-order valence-electron chi connectivity index (χ2n) is 6.11. The molecule has 0 atom stereocenters. The molecule has 0 aliphatic carbocycles. The molecule has 0 aromatic heterocycles. The summed E-state index contributed by atoms with van der Waals surface area (Å²) < 4.78 is 39.4. The van der Waals surface area contributed by atoms with Gasteiger partial charge in [-0.15, -0.1) is 0 Å². The number of nitrogens with one attached hydrogen (secondary N) is 1. The lowest BCUT2D eigenvalue weighted by atomic mass is 10.2. The van der Waals surface area contributed by atoms with Gasteiger partial charge in [0.15, 0.2) is 5.75 Å². The number of benzene rings is 3. The minimum Gasteiger partial charge on any atom is -0.494 e. The molecule has 0 amide bonds. The van der Waals surface area contributed by atoms with Gasteiger partial charge in [0.25, 0.3) is 10.0 Å². The van der Waals surface area contributed by atoms with E-state index in [4.69, 9.17) is 9.47 Å². The Balaban J connectivity index is 1.81. The van der Waals surface area contributed by atoms with Crippen LogP contribution < -0.4 is 14.2 Å². The number of sulfonamides is 1. The first-order valence-corrected chi connectivity index (χ1v) is 10.6. The van der Waals surface area contributed by atoms with E-state index in [0.717, 1.165) is 17.7 Å². The van der Waals surface area contributed by atoms with Gasteiger partial charge in [-0.05, 0) is 67.4 Å². The highest BCUT2D eigenvalue weighted by atomic mass is 32.2. The van der Waals surface area contributed by atoms with Crippen LogP contribution in [-0.4, -0.2) is 15.0 Å². The molecule has 0 aliphatic rings. The Bertz CT molecular complexity index is 1010. The first kappa shape index (κ1) is 19.8. The molecule has 0 heterocycles. The van der Waals surface area contributed by atoms with Crippen LogP contribution in [0.5, 0.6) is 17.2 Å². The molecule has 0 aliphatic heterocycles. The summed E-state index contributed by atoms with van der Waals surface area (Å²) in [6, 6.07) is 20.9. The molecule has 3 rings (SSSR count). The minimum atomic E-state index is -3.72. The Morgan fingerprint density at radius 2 is 1.46 bits per heavy atom. The number of para-hydroxylation sites is 2. The zero-order valence-electron chi connectivity index (χ0n) is 15.9. The van der Waals surface area contributed by atoms with Crippen molar-refractivity contribution in [2.75, 3.05) is 11.3 Å². The number of anilines is 1. The second kappa shape index (κ2) is 8.80. The van der Waals surface area contributed by atoms with Crippen LogP contribution in [0.15, 0.2) is 77.7 Å². The van der Waals surface area contributed by atoms with Crippen molar-refractivity contribution in [1.29, 1.82) is 0 Å². The maximum Gasteiger partial charge on any atom is 0.262 e. The molecule has 3 aromatic rings. The maximum absolute atomic E-state index is 12.7. The summed E-state index contributed by atoms with van der Waals surface area (Å²) in [5.41, 5.74) is 1.45. The molecule has 0 spiro atoms. The molecule has 0 bridgehead atoms. The Morgan fingerprint density at radius 3 is 2.11 bits per heavy atom. The van der Waals surface area contributed by atoms with Crippen molar-refractivity contribution < 1.29 is 17.9 Å². The number of ether oxygens (including phenoxy) is 2. The first-order chi connectivity index (χ1) is 13.5. The third-order valence-electron chi connectivity index (χ3n) is 4.14. The highest BCUT2D eigenvalue weighted by Crippen LogP contribution is 2.31. The lowest BCUT2D eigenvalue weighted by Gasteiger charge is -2.14. The van der Waals surface area contributed by atoms with Gasteiger partial charge in [-0.1, -0.05) is 31.2 Å². The molecule has 3 aromatic carbocycles. The first-order valence-electron chi connectivity index (χ1n) is 9.13. The fraction of sp³-hybridized carbons (Fsp3) is 0.182. The Labute approximate surface area is 166 Å². The van der Waals surface area contributed by atoms with E-state index in [1.165, 1.54) is 0 Å². The summed E-state index contributed by atoms with van der Waals surface area (Å²) in [5.74, 6) is 1.75. The fourth-order valence-electron chi connectivity index (χ4n) is 2.65. The fourth-order valence-corrected chi connectivity index (χ4v) is 3.72. The van der Waals surface area contributed by atoms with Gasteiger partial charge in [0, 0.05) is 0 Å². The van der Waals surface area contributed by atoms with Crippen LogP contribution in [0.2, 0.25) is 0 Å². The van der Waals surface area contributed by atoms with Crippen LogP contribution in [-0.2, 0) is 16.4 Å². The van der Waals surface area contributed by atoms with Crippen molar-refractivity contribution in [3.63, 3.8) is 0 Å². The zero-order valence-corrected chi connectivity index (χ0v) is 16.7. The minimum absolute atomic E-state index is 0.209. The topological polar surface area (TPSA) is 64.6 Å². The van der Waals surface area contributed by atoms with Crippen molar-refractivity contribution in [2.24, 2.45) is 0 Å². The van der Waals surface area contributed by atoms with Crippen LogP contribution in [0.25, 0.3) is 0 Å². The lowest BCUT2D eigenvalue weighted by molar-refractivity contribution is 0.339. The number of hydrogen-bond acceptors (Lipinski definition) is 4. The smallest absolute Gasteiger partial charge is 0.262 e. The average Bonchev–Trinajstić information content (AvgIpc) is 2.71. The van der Waals surface area contributed by atoms with Gasteiger partial charge in [0.05, 0.1) is 17.2 Å². The molecule has 5 nitrogen and oxygen atoms in total. The van der Waals surface area contributed by atoms with Gasteiger partial charge < -0.3 is 9.47 Å². The van der Waals surface area contributed by atoms with Crippen LogP contribution in [0.1, 0.15) is 19.4 Å². The summed E-state index contributed by atoms with van der Waals surface area (Å²) in [7, 11) is -3.72. The molecular formula is C22H23NO4S. The summed E-state index contributed by atoms with van der Waals surface area (Å²) in [6.07, 6.45) is 0.854. The van der Waals surface area contributed by atoms with E-state index in [1.807, 2.05) is 26.0 Å². The van der Waals surface area contributed by atoms with Crippen LogP contribution in [0.4, 0.5) is 5.69 Å². The SMILES string of the molecule is CCOc1ccc(Oc2ccccc2NS(=O)(=O)c2ccc(CC)cc2)cc1. The highest BCUT2D eigenvalue weighted by molar-refractivity contribution is 7.92. The lowest BCUT2D eigenvalue weighted by Crippen LogP contribution is -2.13. The van der Waals surface area contributed by atoms with Crippen LogP contribution in [0.3, 0.4) is 0 Å². The van der Waals surface area contributed by atoms with Crippen molar-refractivity contribution in [2.45, 2.75) is 25.2 Å². The number of hydrogen-bond donors (Lipinski definition) is 1.